The van der Waals surface area contributed by atoms with Crippen LogP contribution < -0.4 is 15.5 Å². The van der Waals surface area contributed by atoms with Gasteiger partial charge in [0.25, 0.3) is 5.91 Å². The van der Waals surface area contributed by atoms with Gasteiger partial charge in [-0.25, -0.2) is 13.9 Å². The molecule has 1 saturated heterocycles. The number of nitrogens with one attached hydrogen (secondary N) is 2. The number of benzene rings is 1. The van der Waals surface area contributed by atoms with Crippen LogP contribution in [0.15, 0.2) is 48.9 Å². The number of carbonyl (C=O) groups is 3. The van der Waals surface area contributed by atoms with E-state index in [1.165, 1.54) is 41.9 Å². The first-order chi connectivity index (χ1) is 15.9. The number of nitrogens with zero attached hydrogens (tertiary/aromatic N) is 4. The zero-order valence-electron chi connectivity index (χ0n) is 17.9. The molecule has 2 aromatic heterocycles. The molecule has 0 radical (unpaired) electrons. The first-order valence-corrected chi connectivity index (χ1v) is 10.1. The van der Waals surface area contributed by atoms with Crippen molar-refractivity contribution < 1.29 is 23.5 Å². The zero-order chi connectivity index (χ0) is 23.5. The van der Waals surface area contributed by atoms with Crippen molar-refractivity contribution in [1.82, 2.24) is 25.4 Å². The van der Waals surface area contributed by atoms with E-state index in [-0.39, 0.29) is 30.6 Å². The highest BCUT2D eigenvalue weighted by Gasteiger charge is 2.32. The number of amides is 3. The summed E-state index contributed by atoms with van der Waals surface area (Å²) in [5, 5.41) is 9.33. The summed E-state index contributed by atoms with van der Waals surface area (Å²) in [7, 11) is 1.54. The SMILES string of the molecule is CNC(=O)c1ccc(-c2cnn(-c3ccc(N4C[C@H](CNC(C)=O)OC4=O)cc3F)c2)nc1. The zero-order valence-corrected chi connectivity index (χ0v) is 17.9. The van der Waals surface area contributed by atoms with Gasteiger partial charge >= 0.3 is 6.09 Å². The van der Waals surface area contributed by atoms with E-state index in [9.17, 15) is 18.8 Å². The average Bonchev–Trinajstić information content (AvgIpc) is 3.44. The second-order valence-electron chi connectivity index (χ2n) is 7.37. The fourth-order valence-corrected chi connectivity index (χ4v) is 3.38. The molecule has 3 amide bonds. The lowest BCUT2D eigenvalue weighted by Gasteiger charge is -2.14. The van der Waals surface area contributed by atoms with Gasteiger partial charge in [-0.15, -0.1) is 0 Å². The summed E-state index contributed by atoms with van der Waals surface area (Å²) in [5.41, 5.74) is 2.18. The second kappa shape index (κ2) is 9.07. The van der Waals surface area contributed by atoms with Crippen molar-refractivity contribution in [1.29, 1.82) is 0 Å². The number of cyclic esters (lactones) is 1. The van der Waals surface area contributed by atoms with Crippen LogP contribution in [0, 0.1) is 5.82 Å². The Morgan fingerprint density at radius 3 is 2.73 bits per heavy atom. The van der Waals surface area contributed by atoms with E-state index in [1.54, 1.807) is 30.6 Å². The Morgan fingerprint density at radius 1 is 1.24 bits per heavy atom. The molecule has 4 rings (SSSR count). The van der Waals surface area contributed by atoms with Crippen molar-refractivity contribution in [2.24, 2.45) is 0 Å². The summed E-state index contributed by atoms with van der Waals surface area (Å²) in [5.74, 6) is -1.05. The molecule has 3 heterocycles. The average molecular weight is 452 g/mol. The van der Waals surface area contributed by atoms with Gasteiger partial charge in [-0.05, 0) is 30.3 Å². The molecular formula is C22H21FN6O4. The Morgan fingerprint density at radius 2 is 2.06 bits per heavy atom. The highest BCUT2D eigenvalue weighted by atomic mass is 19.1. The highest BCUT2D eigenvalue weighted by molar-refractivity contribution is 5.94. The molecule has 2 N–H and O–H groups in total. The van der Waals surface area contributed by atoms with Crippen molar-refractivity contribution >= 4 is 23.6 Å². The molecule has 0 bridgehead atoms. The van der Waals surface area contributed by atoms with E-state index < -0.39 is 18.0 Å². The summed E-state index contributed by atoms with van der Waals surface area (Å²) >= 11 is 0. The summed E-state index contributed by atoms with van der Waals surface area (Å²) < 4.78 is 21.5. The third kappa shape index (κ3) is 4.66. The number of hydrogen-bond donors (Lipinski definition) is 2. The number of pyridine rings is 1. The molecule has 11 heteroatoms. The van der Waals surface area contributed by atoms with Crippen molar-refractivity contribution in [3.05, 3.63) is 60.3 Å². The van der Waals surface area contributed by atoms with E-state index in [0.29, 0.717) is 22.5 Å². The lowest BCUT2D eigenvalue weighted by atomic mass is 10.2. The van der Waals surface area contributed by atoms with Crippen LogP contribution in [0.25, 0.3) is 16.9 Å². The Balaban J connectivity index is 1.50. The van der Waals surface area contributed by atoms with Gasteiger partial charge in [0.2, 0.25) is 5.91 Å². The van der Waals surface area contributed by atoms with Gasteiger partial charge in [-0.2, -0.15) is 5.10 Å². The molecule has 3 aromatic rings. The van der Waals surface area contributed by atoms with E-state index in [2.05, 4.69) is 20.7 Å². The molecular weight excluding hydrogens is 431 g/mol. The Labute approximate surface area is 188 Å². The van der Waals surface area contributed by atoms with E-state index in [0.717, 1.165) is 0 Å². The maximum atomic E-state index is 14.9. The van der Waals surface area contributed by atoms with Gasteiger partial charge in [0.05, 0.1) is 36.2 Å². The van der Waals surface area contributed by atoms with Gasteiger partial charge in [0, 0.05) is 31.9 Å². The smallest absolute Gasteiger partial charge is 0.414 e. The normalized spacial score (nSPS) is 15.3. The van der Waals surface area contributed by atoms with E-state index in [1.807, 2.05) is 0 Å². The predicted molar refractivity (Wildman–Crippen MR) is 116 cm³/mol. The Hall–Kier alpha value is -4.28. The lowest BCUT2D eigenvalue weighted by Crippen LogP contribution is -2.33. The minimum absolute atomic E-state index is 0.187. The fourth-order valence-electron chi connectivity index (χ4n) is 3.38. The molecule has 1 aliphatic heterocycles. The van der Waals surface area contributed by atoms with Crippen LogP contribution in [0.2, 0.25) is 0 Å². The minimum atomic E-state index is -0.606. The molecule has 0 saturated carbocycles. The molecule has 33 heavy (non-hydrogen) atoms. The van der Waals surface area contributed by atoms with E-state index in [4.69, 9.17) is 4.74 Å². The number of halogens is 1. The van der Waals surface area contributed by atoms with Crippen molar-refractivity contribution in [2.45, 2.75) is 13.0 Å². The van der Waals surface area contributed by atoms with Gasteiger partial charge in [0.1, 0.15) is 11.8 Å². The quantitative estimate of drug-likeness (QED) is 0.590. The second-order valence-corrected chi connectivity index (χ2v) is 7.37. The first kappa shape index (κ1) is 21.9. The molecule has 1 atom stereocenters. The van der Waals surface area contributed by atoms with Crippen LogP contribution >= 0.6 is 0 Å². The van der Waals surface area contributed by atoms with Crippen LogP contribution in [0.1, 0.15) is 17.3 Å². The van der Waals surface area contributed by atoms with Crippen LogP contribution in [-0.2, 0) is 9.53 Å². The topological polar surface area (TPSA) is 118 Å². The van der Waals surface area contributed by atoms with Gasteiger partial charge in [-0.1, -0.05) is 0 Å². The van der Waals surface area contributed by atoms with Gasteiger partial charge in [0.15, 0.2) is 5.82 Å². The third-order valence-electron chi connectivity index (χ3n) is 5.07. The number of anilines is 1. The molecule has 170 valence electrons. The van der Waals surface area contributed by atoms with Crippen molar-refractivity contribution in [3.8, 4) is 16.9 Å². The highest BCUT2D eigenvalue weighted by Crippen LogP contribution is 2.26. The summed E-state index contributed by atoms with van der Waals surface area (Å²) in [4.78, 5) is 40.4. The molecule has 1 aromatic carbocycles. The number of aromatic nitrogens is 3. The predicted octanol–water partition coefficient (Wildman–Crippen LogP) is 1.89. The molecule has 1 aliphatic rings. The molecule has 10 nitrogen and oxygen atoms in total. The molecule has 1 fully saturated rings. The summed E-state index contributed by atoms with van der Waals surface area (Å²) in [6, 6.07) is 7.66. The van der Waals surface area contributed by atoms with Crippen LogP contribution in [0.3, 0.4) is 0 Å². The number of ether oxygens (including phenoxy) is 1. The third-order valence-corrected chi connectivity index (χ3v) is 5.07. The van der Waals surface area contributed by atoms with Crippen molar-refractivity contribution in [3.63, 3.8) is 0 Å². The van der Waals surface area contributed by atoms with Crippen LogP contribution in [0.5, 0.6) is 0 Å². The molecule has 0 aliphatic carbocycles. The minimum Gasteiger partial charge on any atom is -0.442 e. The maximum Gasteiger partial charge on any atom is 0.414 e. The first-order valence-electron chi connectivity index (χ1n) is 10.1. The van der Waals surface area contributed by atoms with Crippen molar-refractivity contribution in [2.75, 3.05) is 25.0 Å². The summed E-state index contributed by atoms with van der Waals surface area (Å²) in [6.45, 7) is 1.76. The molecule has 0 unspecified atom stereocenters. The maximum absolute atomic E-state index is 14.9. The van der Waals surface area contributed by atoms with Crippen LogP contribution in [-0.4, -0.2) is 58.9 Å². The van der Waals surface area contributed by atoms with Gasteiger partial charge in [-0.3, -0.25) is 19.5 Å². The standard InChI is InChI=1S/C22H21FN6O4/c1-13(30)25-10-17-12-28(22(32)33-17)16-4-6-20(18(23)7-16)29-11-15(9-27-29)19-5-3-14(8-26-19)21(31)24-2/h3-9,11,17H,10,12H2,1-2H3,(H,24,31)(H,25,30)/t17-/m0/s1. The molecule has 0 spiro atoms. The lowest BCUT2D eigenvalue weighted by molar-refractivity contribution is -0.119. The Bertz CT molecular complexity index is 1210. The largest absolute Gasteiger partial charge is 0.442 e. The number of rotatable bonds is 6. The van der Waals surface area contributed by atoms with E-state index >= 15 is 0 Å². The fraction of sp³-hybridized carbons (Fsp3) is 0.227. The Kier molecular flexibility index (Phi) is 6.03. The van der Waals surface area contributed by atoms with Gasteiger partial charge < -0.3 is 15.4 Å². The number of carbonyl (C=O) groups excluding carboxylic acids is 3. The van der Waals surface area contributed by atoms with Crippen LogP contribution in [0.4, 0.5) is 14.9 Å². The number of hydrogen-bond acceptors (Lipinski definition) is 6. The summed E-state index contributed by atoms with van der Waals surface area (Å²) in [6.07, 6.45) is 3.49. The monoisotopic (exact) mass is 452 g/mol.